The molecular formula is C11H13ClFN5O2. The highest BCUT2D eigenvalue weighted by Crippen LogP contribution is 2.31. The lowest BCUT2D eigenvalue weighted by atomic mass is 10.1. The smallest absolute Gasteiger partial charge is 0.166 e. The van der Waals surface area contributed by atoms with Crippen LogP contribution >= 0.6 is 12.4 Å². The summed E-state index contributed by atoms with van der Waals surface area (Å²) in [6.07, 6.45) is 1.85. The van der Waals surface area contributed by atoms with E-state index in [0.29, 0.717) is 11.2 Å². The molecule has 0 bridgehead atoms. The number of nitrogen functional groups attached to an aromatic ring is 1. The van der Waals surface area contributed by atoms with Gasteiger partial charge in [-0.2, -0.15) is 0 Å². The van der Waals surface area contributed by atoms with Crippen molar-refractivity contribution in [3.8, 4) is 0 Å². The number of hydrogen-bond acceptors (Lipinski definition) is 6. The Balaban J connectivity index is 0.00000147. The predicted molar refractivity (Wildman–Crippen MR) is 72.1 cm³/mol. The summed E-state index contributed by atoms with van der Waals surface area (Å²) in [7, 11) is 0. The Bertz CT molecular complexity index is 661. The fourth-order valence-electron chi connectivity index (χ4n) is 2.28. The minimum atomic E-state index is -1.22. The molecule has 20 heavy (non-hydrogen) atoms. The first-order valence-electron chi connectivity index (χ1n) is 5.69. The van der Waals surface area contributed by atoms with Crippen molar-refractivity contribution in [2.24, 2.45) is 0 Å². The summed E-state index contributed by atoms with van der Waals surface area (Å²) >= 11 is 0. The highest BCUT2D eigenvalue weighted by atomic mass is 35.5. The van der Waals surface area contributed by atoms with Crippen molar-refractivity contribution in [1.82, 2.24) is 19.5 Å². The van der Waals surface area contributed by atoms with Crippen molar-refractivity contribution < 1.29 is 14.6 Å². The highest BCUT2D eigenvalue weighted by Gasteiger charge is 2.36. The van der Waals surface area contributed by atoms with Gasteiger partial charge < -0.3 is 20.5 Å². The number of aliphatic hydroxyl groups is 2. The molecule has 7 nitrogen and oxygen atoms in total. The number of nitrogens with two attached hydrogens (primary N) is 1. The number of rotatable bonds is 2. The summed E-state index contributed by atoms with van der Waals surface area (Å²) in [5.74, 6) is 0.228. The van der Waals surface area contributed by atoms with E-state index in [0.717, 1.165) is 0 Å². The molecule has 108 valence electrons. The van der Waals surface area contributed by atoms with Crippen molar-refractivity contribution in [2.45, 2.75) is 18.2 Å². The van der Waals surface area contributed by atoms with Crippen LogP contribution in [0.4, 0.5) is 10.2 Å². The molecule has 0 aromatic carbocycles. The fraction of sp³-hybridized carbons (Fsp3) is 0.364. The quantitative estimate of drug-likeness (QED) is 0.674. The average Bonchev–Trinajstić information content (AvgIpc) is 2.94. The Hall–Kier alpha value is -1.77. The van der Waals surface area contributed by atoms with Gasteiger partial charge in [-0.3, -0.25) is 0 Å². The molecule has 3 atom stereocenters. The van der Waals surface area contributed by atoms with Gasteiger partial charge in [0.15, 0.2) is 11.5 Å². The number of aliphatic hydroxyl groups excluding tert-OH is 2. The number of halogens is 2. The molecule has 0 amide bonds. The molecule has 1 aliphatic rings. The van der Waals surface area contributed by atoms with Gasteiger partial charge in [-0.1, -0.05) is 6.08 Å². The summed E-state index contributed by atoms with van der Waals surface area (Å²) in [5, 5.41) is 19.7. The van der Waals surface area contributed by atoms with Crippen LogP contribution in [0.2, 0.25) is 0 Å². The summed E-state index contributed by atoms with van der Waals surface area (Å²) in [6.45, 7) is -0.807. The molecule has 0 fully saturated rings. The largest absolute Gasteiger partial charge is 0.388 e. The lowest BCUT2D eigenvalue weighted by molar-refractivity contribution is 0.0307. The summed E-state index contributed by atoms with van der Waals surface area (Å²) in [6, 6.07) is -0.625. The molecular weight excluding hydrogens is 289 g/mol. The lowest BCUT2D eigenvalue weighted by Gasteiger charge is -2.18. The van der Waals surface area contributed by atoms with Crippen molar-refractivity contribution in [3.63, 3.8) is 0 Å². The average molecular weight is 302 g/mol. The summed E-state index contributed by atoms with van der Waals surface area (Å²) < 4.78 is 14.3. The molecule has 2 heterocycles. The molecule has 3 rings (SSSR count). The van der Waals surface area contributed by atoms with Crippen LogP contribution in [0.15, 0.2) is 24.3 Å². The second-order valence-electron chi connectivity index (χ2n) is 4.38. The monoisotopic (exact) mass is 301 g/mol. The van der Waals surface area contributed by atoms with E-state index in [1.54, 1.807) is 4.57 Å². The van der Waals surface area contributed by atoms with E-state index < -0.39 is 24.9 Å². The van der Waals surface area contributed by atoms with Gasteiger partial charge in [0.25, 0.3) is 0 Å². The fourth-order valence-corrected chi connectivity index (χ4v) is 2.28. The minimum absolute atomic E-state index is 0. The van der Waals surface area contributed by atoms with E-state index >= 15 is 0 Å². The third-order valence-corrected chi connectivity index (χ3v) is 3.30. The topological polar surface area (TPSA) is 110 Å². The van der Waals surface area contributed by atoms with Gasteiger partial charge >= 0.3 is 0 Å². The van der Waals surface area contributed by atoms with E-state index in [2.05, 4.69) is 15.0 Å². The van der Waals surface area contributed by atoms with Gasteiger partial charge in [0.1, 0.15) is 30.7 Å². The number of anilines is 1. The third-order valence-electron chi connectivity index (χ3n) is 3.30. The van der Waals surface area contributed by atoms with Crippen molar-refractivity contribution in [3.05, 3.63) is 24.3 Å². The zero-order valence-electron chi connectivity index (χ0n) is 10.2. The predicted octanol–water partition coefficient (Wildman–Crippen LogP) is 0.00270. The Morgan fingerprint density at radius 1 is 1.30 bits per heavy atom. The Labute approximate surface area is 119 Å². The third kappa shape index (κ3) is 2.01. The van der Waals surface area contributed by atoms with Gasteiger partial charge in [-0.05, 0) is 5.57 Å². The van der Waals surface area contributed by atoms with Gasteiger partial charge in [0.2, 0.25) is 0 Å². The molecule has 0 saturated carbocycles. The number of imidazole rings is 1. The van der Waals surface area contributed by atoms with Crippen LogP contribution in [0.25, 0.3) is 11.2 Å². The van der Waals surface area contributed by atoms with E-state index in [9.17, 15) is 14.6 Å². The van der Waals surface area contributed by atoms with Crippen LogP contribution in [-0.4, -0.2) is 48.6 Å². The maximum Gasteiger partial charge on any atom is 0.166 e. The standard InChI is InChI=1S/C11H12FN5O2.ClH/c12-2-5-1-6(9(19)8(5)18)17-4-16-7-10(13)14-3-15-11(7)17;/h1,3-4,6,8-9,18-19H,2H2,(H2,13,14,15);1H. The lowest BCUT2D eigenvalue weighted by Crippen LogP contribution is -2.29. The number of alkyl halides is 1. The first-order chi connectivity index (χ1) is 9.13. The zero-order chi connectivity index (χ0) is 13.6. The zero-order valence-corrected chi connectivity index (χ0v) is 11.0. The molecule has 9 heteroatoms. The maximum atomic E-state index is 12.7. The number of hydrogen-bond donors (Lipinski definition) is 3. The second kappa shape index (κ2) is 5.31. The van der Waals surface area contributed by atoms with Gasteiger partial charge in [-0.15, -0.1) is 12.4 Å². The SMILES string of the molecule is Cl.Nc1ncnc2c1ncn2C1C=C(CF)C(O)C1O. The molecule has 0 spiro atoms. The summed E-state index contributed by atoms with van der Waals surface area (Å²) in [5.41, 5.74) is 6.66. The van der Waals surface area contributed by atoms with Crippen LogP contribution in [0, 0.1) is 0 Å². The molecule has 0 saturated heterocycles. The van der Waals surface area contributed by atoms with Gasteiger partial charge in [0, 0.05) is 0 Å². The van der Waals surface area contributed by atoms with Crippen LogP contribution in [0.1, 0.15) is 6.04 Å². The molecule has 2 aromatic heterocycles. The molecule has 0 aliphatic heterocycles. The number of fused-ring (bicyclic) bond motifs is 1. The molecule has 2 aromatic rings. The van der Waals surface area contributed by atoms with Crippen LogP contribution in [-0.2, 0) is 0 Å². The minimum Gasteiger partial charge on any atom is -0.388 e. The Kier molecular flexibility index (Phi) is 3.89. The van der Waals surface area contributed by atoms with Crippen molar-refractivity contribution in [2.75, 3.05) is 12.4 Å². The first kappa shape index (κ1) is 14.6. The normalized spacial score (nSPS) is 25.6. The second-order valence-corrected chi connectivity index (χ2v) is 4.38. The van der Waals surface area contributed by atoms with Crippen LogP contribution in [0.3, 0.4) is 0 Å². The Morgan fingerprint density at radius 2 is 2.05 bits per heavy atom. The number of aromatic nitrogens is 4. The molecule has 4 N–H and O–H groups in total. The molecule has 0 radical (unpaired) electrons. The Morgan fingerprint density at radius 3 is 2.70 bits per heavy atom. The molecule has 1 aliphatic carbocycles. The summed E-state index contributed by atoms with van der Waals surface area (Å²) in [4.78, 5) is 11.9. The first-order valence-corrected chi connectivity index (χ1v) is 5.69. The van der Waals surface area contributed by atoms with Gasteiger partial charge in [0.05, 0.1) is 12.4 Å². The van der Waals surface area contributed by atoms with Crippen LogP contribution < -0.4 is 5.73 Å². The van der Waals surface area contributed by atoms with E-state index in [1.807, 2.05) is 0 Å². The van der Waals surface area contributed by atoms with Crippen LogP contribution in [0.5, 0.6) is 0 Å². The highest BCUT2D eigenvalue weighted by molar-refractivity contribution is 5.85. The van der Waals surface area contributed by atoms with Crippen molar-refractivity contribution in [1.29, 1.82) is 0 Å². The number of nitrogens with zero attached hydrogens (tertiary/aromatic N) is 4. The van der Waals surface area contributed by atoms with E-state index in [1.165, 1.54) is 18.7 Å². The van der Waals surface area contributed by atoms with Gasteiger partial charge in [-0.25, -0.2) is 19.3 Å². The van der Waals surface area contributed by atoms with E-state index in [-0.39, 0.29) is 23.8 Å². The van der Waals surface area contributed by atoms with Crippen molar-refractivity contribution >= 4 is 29.4 Å². The van der Waals surface area contributed by atoms with E-state index in [4.69, 9.17) is 5.73 Å². The maximum absolute atomic E-state index is 12.7. The molecule has 3 unspecified atom stereocenters.